The summed E-state index contributed by atoms with van der Waals surface area (Å²) in [4.78, 5) is 14.4. The van der Waals surface area contributed by atoms with Crippen LogP contribution in [-0.4, -0.2) is 47.8 Å². The number of hydrogen-bond acceptors (Lipinski definition) is 5. The van der Waals surface area contributed by atoms with Crippen molar-refractivity contribution in [3.8, 4) is 0 Å². The number of nitrogens with zero attached hydrogens (tertiary/aromatic N) is 1. The molecule has 0 aromatic carbocycles. The van der Waals surface area contributed by atoms with Gasteiger partial charge >= 0.3 is 5.97 Å². The van der Waals surface area contributed by atoms with Crippen LogP contribution in [0.2, 0.25) is 0 Å². The van der Waals surface area contributed by atoms with Crippen LogP contribution in [0, 0.1) is 0 Å². The van der Waals surface area contributed by atoms with Crippen LogP contribution in [0.25, 0.3) is 0 Å². The van der Waals surface area contributed by atoms with E-state index in [4.69, 9.17) is 4.74 Å². The molecule has 7 heteroatoms. The highest BCUT2D eigenvalue weighted by atomic mass is 79.9. The van der Waals surface area contributed by atoms with Gasteiger partial charge in [0.05, 0.1) is 29.9 Å². The molecule has 4 heterocycles. The number of thiophene rings is 2. The van der Waals surface area contributed by atoms with Crippen LogP contribution in [0.5, 0.6) is 0 Å². The number of carbonyl (C=O) groups excluding carboxylic acids is 1. The van der Waals surface area contributed by atoms with Crippen molar-refractivity contribution in [2.75, 3.05) is 14.1 Å². The maximum absolute atomic E-state index is 13.2. The van der Waals surface area contributed by atoms with Gasteiger partial charge in [-0.25, -0.2) is 4.79 Å². The molecule has 3 atom stereocenters. The second-order valence-corrected chi connectivity index (χ2v) is 9.52. The largest absolute Gasteiger partial charge is 1.00 e. The van der Waals surface area contributed by atoms with E-state index in [1.807, 2.05) is 22.9 Å². The van der Waals surface area contributed by atoms with Crippen LogP contribution in [0.3, 0.4) is 0 Å². The Hall–Kier alpha value is -0.730. The minimum absolute atomic E-state index is 0. The van der Waals surface area contributed by atoms with Gasteiger partial charge in [-0.15, -0.1) is 22.7 Å². The van der Waals surface area contributed by atoms with Crippen molar-refractivity contribution < 1.29 is 36.1 Å². The molecule has 0 radical (unpaired) electrons. The number of rotatable bonds is 4. The summed E-state index contributed by atoms with van der Waals surface area (Å²) in [5.41, 5.74) is -1.70. The number of esters is 1. The third-order valence-electron chi connectivity index (χ3n) is 6.08. The lowest BCUT2D eigenvalue weighted by Gasteiger charge is -2.41. The highest BCUT2D eigenvalue weighted by Crippen LogP contribution is 2.43. The highest BCUT2D eigenvalue weighted by molar-refractivity contribution is 7.12. The molecule has 2 fully saturated rings. The van der Waals surface area contributed by atoms with Gasteiger partial charge < -0.3 is 31.3 Å². The fraction of sp³-hybridized carbons (Fsp3) is 0.526. The number of likely N-dealkylation sites (N-methyl/N-ethyl adjacent to an activating group) is 1. The Bertz CT molecular complexity index is 711. The highest BCUT2D eigenvalue weighted by Gasteiger charge is 2.55. The molecule has 1 N–H and O–H groups in total. The molecule has 2 aromatic rings. The molecule has 0 aliphatic carbocycles. The van der Waals surface area contributed by atoms with Crippen molar-refractivity contribution in [2.24, 2.45) is 0 Å². The molecule has 142 valence electrons. The van der Waals surface area contributed by atoms with Gasteiger partial charge in [0.2, 0.25) is 5.60 Å². The van der Waals surface area contributed by atoms with Gasteiger partial charge in [-0.05, 0) is 35.7 Å². The van der Waals surface area contributed by atoms with Crippen molar-refractivity contribution in [3.05, 3.63) is 44.8 Å². The molecule has 2 unspecified atom stereocenters. The molecule has 2 aliphatic heterocycles. The van der Waals surface area contributed by atoms with E-state index in [0.29, 0.717) is 21.8 Å². The number of quaternary nitrogens is 1. The lowest BCUT2D eigenvalue weighted by molar-refractivity contribution is -0.931. The fourth-order valence-corrected chi connectivity index (χ4v) is 6.28. The number of piperidine rings is 1. The molecule has 2 saturated heterocycles. The van der Waals surface area contributed by atoms with Crippen molar-refractivity contribution in [3.63, 3.8) is 0 Å². The van der Waals surface area contributed by atoms with E-state index in [1.54, 1.807) is 12.1 Å². The van der Waals surface area contributed by atoms with Crippen LogP contribution < -0.4 is 17.0 Å². The van der Waals surface area contributed by atoms with Crippen molar-refractivity contribution in [2.45, 2.75) is 49.5 Å². The van der Waals surface area contributed by atoms with Crippen LogP contribution >= 0.6 is 22.7 Å². The molecule has 2 aromatic heterocycles. The Morgan fingerprint density at radius 2 is 1.81 bits per heavy atom. The molecule has 0 spiro atoms. The minimum atomic E-state index is -1.70. The van der Waals surface area contributed by atoms with E-state index in [2.05, 4.69) is 14.1 Å². The van der Waals surface area contributed by atoms with E-state index in [1.165, 1.54) is 35.5 Å². The first kappa shape index (κ1) is 20.0. The number of halogens is 1. The monoisotopic (exact) mass is 457 g/mol. The number of aliphatic hydroxyl groups is 1. The topological polar surface area (TPSA) is 46.5 Å². The third-order valence-corrected chi connectivity index (χ3v) is 8.03. The molecule has 2 bridgehead atoms. The molecule has 2 aliphatic rings. The number of hydrogen-bond donors (Lipinski definition) is 1. The van der Waals surface area contributed by atoms with Gasteiger partial charge in [-0.1, -0.05) is 12.1 Å². The number of carbonyl (C=O) groups is 1. The summed E-state index contributed by atoms with van der Waals surface area (Å²) in [6, 6.07) is 8.20. The Morgan fingerprint density at radius 1 is 1.19 bits per heavy atom. The van der Waals surface area contributed by atoms with Crippen molar-refractivity contribution >= 4 is 28.6 Å². The van der Waals surface area contributed by atoms with Gasteiger partial charge in [0.15, 0.2) is 6.10 Å². The van der Waals surface area contributed by atoms with E-state index < -0.39 is 11.6 Å². The van der Waals surface area contributed by atoms with Gasteiger partial charge in [0.1, 0.15) is 6.04 Å². The van der Waals surface area contributed by atoms with E-state index in [-0.39, 0.29) is 23.1 Å². The van der Waals surface area contributed by atoms with Crippen LogP contribution in [-0.2, 0) is 15.1 Å². The zero-order valence-corrected chi connectivity index (χ0v) is 18.1. The quantitative estimate of drug-likeness (QED) is 0.532. The summed E-state index contributed by atoms with van der Waals surface area (Å²) < 4.78 is 6.91. The fourth-order valence-electron chi connectivity index (χ4n) is 4.57. The lowest BCUT2D eigenvalue weighted by Crippen LogP contribution is -3.00. The summed E-state index contributed by atoms with van der Waals surface area (Å²) in [5.74, 6) is -0.532. The first-order valence-corrected chi connectivity index (χ1v) is 10.5. The average Bonchev–Trinajstić information content (AvgIpc) is 3.29. The van der Waals surface area contributed by atoms with Gasteiger partial charge in [-0.3, -0.25) is 0 Å². The second-order valence-electron chi connectivity index (χ2n) is 7.63. The standard InChI is InChI=1S/C19H24NO3S2.BrH/c1-20(2)13-6-3-7-14(20)15(12-13)23-18(21)19(22,16-8-4-10-24-16)17-9-5-11-25-17;/h4-5,8-11,13-15,22H,3,6-7,12H2,1-2H3;1H/q+1;/p-1/t13?,14-,15?;/m1./s1. The van der Waals surface area contributed by atoms with Gasteiger partial charge in [-0.2, -0.15) is 0 Å². The summed E-state index contributed by atoms with van der Waals surface area (Å²) in [6.45, 7) is 0. The summed E-state index contributed by atoms with van der Waals surface area (Å²) in [6.07, 6.45) is 4.26. The van der Waals surface area contributed by atoms with Crippen LogP contribution in [0.15, 0.2) is 35.0 Å². The molecule has 0 saturated carbocycles. The molecular formula is C19H24BrNO3S2. The second kappa shape index (κ2) is 7.36. The molecule has 26 heavy (non-hydrogen) atoms. The van der Waals surface area contributed by atoms with Crippen LogP contribution in [0.4, 0.5) is 0 Å². The zero-order valence-electron chi connectivity index (χ0n) is 14.9. The minimum Gasteiger partial charge on any atom is -1.00 e. The zero-order chi connectivity index (χ0) is 17.7. The number of ether oxygens (including phenoxy) is 1. The van der Waals surface area contributed by atoms with Gasteiger partial charge in [0.25, 0.3) is 0 Å². The Morgan fingerprint density at radius 3 is 2.31 bits per heavy atom. The SMILES string of the molecule is C[N+]1(C)C2CCC[C@@H]1C(OC(=O)C(O)(c1cccs1)c1cccs1)C2.[Br-]. The maximum atomic E-state index is 13.2. The average molecular weight is 458 g/mol. The lowest BCUT2D eigenvalue weighted by atomic mass is 9.99. The maximum Gasteiger partial charge on any atom is 0.349 e. The predicted octanol–water partition coefficient (Wildman–Crippen LogP) is 0.362. The smallest absolute Gasteiger partial charge is 0.349 e. The Balaban J connectivity index is 0.00000196. The summed E-state index contributed by atoms with van der Waals surface area (Å²) in [7, 11) is 4.49. The van der Waals surface area contributed by atoms with E-state index in [0.717, 1.165) is 17.3 Å². The van der Waals surface area contributed by atoms with Crippen LogP contribution in [0.1, 0.15) is 35.4 Å². The molecule has 4 nitrogen and oxygen atoms in total. The van der Waals surface area contributed by atoms with E-state index >= 15 is 0 Å². The van der Waals surface area contributed by atoms with Crippen molar-refractivity contribution in [1.29, 1.82) is 0 Å². The Kier molecular flexibility index (Phi) is 5.66. The third kappa shape index (κ3) is 3.07. The summed E-state index contributed by atoms with van der Waals surface area (Å²) in [5, 5.41) is 15.1. The van der Waals surface area contributed by atoms with Gasteiger partial charge in [0, 0.05) is 12.8 Å². The normalized spacial score (nSPS) is 27.0. The molecular weight excluding hydrogens is 434 g/mol. The Labute approximate surface area is 172 Å². The number of fused-ring (bicyclic) bond motifs is 2. The van der Waals surface area contributed by atoms with Crippen molar-refractivity contribution in [1.82, 2.24) is 0 Å². The predicted molar refractivity (Wildman–Crippen MR) is 99.7 cm³/mol. The molecule has 4 rings (SSSR count). The van der Waals surface area contributed by atoms with E-state index in [9.17, 15) is 9.90 Å². The first-order valence-electron chi connectivity index (χ1n) is 8.79. The molecule has 0 amide bonds. The first-order chi connectivity index (χ1) is 11.9. The summed E-state index contributed by atoms with van der Waals surface area (Å²) >= 11 is 2.77.